The second kappa shape index (κ2) is 7.31. The molecular weight excluding hydrogens is 410 g/mol. The molecule has 9 nitrogen and oxygen atoms in total. The van der Waals surface area contributed by atoms with Crippen LogP contribution in [-0.4, -0.2) is 30.0 Å². The molecule has 4 aromatic rings. The quantitative estimate of drug-likeness (QED) is 0.356. The molecule has 2 heterocycles. The molecule has 1 fully saturated rings. The number of hydrogen-bond acceptors (Lipinski definition) is 7. The third-order valence-electron chi connectivity index (χ3n) is 5.75. The number of aliphatic hydroxyl groups is 1. The zero-order chi connectivity index (χ0) is 22.5. The van der Waals surface area contributed by atoms with E-state index in [1.807, 2.05) is 10.5 Å². The number of nitrogen functional groups attached to an aromatic ring is 1. The molecule has 0 amide bonds. The van der Waals surface area contributed by atoms with Crippen LogP contribution in [0.15, 0.2) is 60.9 Å². The van der Waals surface area contributed by atoms with E-state index in [2.05, 4.69) is 4.98 Å². The van der Waals surface area contributed by atoms with E-state index in [4.69, 9.17) is 15.5 Å². The fraction of sp³-hybridized carbons (Fsp3) is 0.217. The largest absolute Gasteiger partial charge is 0.450 e. The lowest BCUT2D eigenvalue weighted by atomic mass is 9.72. The minimum Gasteiger partial charge on any atom is -0.450 e. The van der Waals surface area contributed by atoms with Gasteiger partial charge < -0.3 is 15.6 Å². The number of anilines is 1. The van der Waals surface area contributed by atoms with E-state index >= 15 is 0 Å². The van der Waals surface area contributed by atoms with Crippen molar-refractivity contribution in [3.05, 3.63) is 76.9 Å². The van der Waals surface area contributed by atoms with Crippen LogP contribution in [0.5, 0.6) is 11.5 Å². The predicted octanol–water partition coefficient (Wildman–Crippen LogP) is 4.31. The Morgan fingerprint density at radius 1 is 1.25 bits per heavy atom. The molecule has 1 aliphatic carbocycles. The molecule has 1 saturated carbocycles. The fourth-order valence-electron chi connectivity index (χ4n) is 4.27. The first-order chi connectivity index (χ1) is 15.3. The average molecular weight is 431 g/mol. The minimum absolute atomic E-state index is 0.0590. The maximum absolute atomic E-state index is 11.8. The number of nitrogens with two attached hydrogens (primary N) is 1. The van der Waals surface area contributed by atoms with Crippen molar-refractivity contribution in [2.24, 2.45) is 0 Å². The highest BCUT2D eigenvalue weighted by atomic mass is 16.6. The molecule has 0 aliphatic heterocycles. The molecule has 162 valence electrons. The highest BCUT2D eigenvalue weighted by Crippen LogP contribution is 2.45. The van der Waals surface area contributed by atoms with E-state index in [1.165, 1.54) is 6.07 Å². The zero-order valence-electron chi connectivity index (χ0n) is 17.3. The smallest absolute Gasteiger partial charge is 0.312 e. The number of aromatic nitrogens is 3. The highest BCUT2D eigenvalue weighted by Gasteiger charge is 2.41. The molecule has 0 unspecified atom stereocenters. The summed E-state index contributed by atoms with van der Waals surface area (Å²) in [6.45, 7) is 1.80. The van der Waals surface area contributed by atoms with Gasteiger partial charge in [0.15, 0.2) is 0 Å². The van der Waals surface area contributed by atoms with Crippen LogP contribution in [0.25, 0.3) is 16.8 Å². The Morgan fingerprint density at radius 3 is 2.69 bits per heavy atom. The van der Waals surface area contributed by atoms with Crippen molar-refractivity contribution in [1.29, 1.82) is 0 Å². The number of fused-ring (bicyclic) bond motifs is 1. The third kappa shape index (κ3) is 3.42. The summed E-state index contributed by atoms with van der Waals surface area (Å²) in [5, 5.41) is 22.0. The third-order valence-corrected chi connectivity index (χ3v) is 5.75. The van der Waals surface area contributed by atoms with Gasteiger partial charge in [0.05, 0.1) is 10.5 Å². The van der Waals surface area contributed by atoms with E-state index in [0.29, 0.717) is 35.4 Å². The second-order valence-electron chi connectivity index (χ2n) is 8.31. The Kier molecular flexibility index (Phi) is 4.56. The van der Waals surface area contributed by atoms with Gasteiger partial charge in [-0.3, -0.25) is 14.5 Å². The van der Waals surface area contributed by atoms with Crippen molar-refractivity contribution in [2.75, 3.05) is 5.73 Å². The van der Waals surface area contributed by atoms with E-state index in [1.54, 1.807) is 55.7 Å². The van der Waals surface area contributed by atoms with Gasteiger partial charge >= 0.3 is 5.69 Å². The zero-order valence-corrected chi connectivity index (χ0v) is 17.3. The predicted molar refractivity (Wildman–Crippen MR) is 119 cm³/mol. The number of benzene rings is 2. The SMILES string of the molecule is C[C@]1(O)C[C@@H](c2nc(-c3ccc(Oc4ccccc4)c([N+](=O)[O-])c3)c3c(N)nccn32)C1. The average Bonchev–Trinajstić information content (AvgIpc) is 3.13. The lowest BCUT2D eigenvalue weighted by molar-refractivity contribution is -0.385. The van der Waals surface area contributed by atoms with E-state index in [-0.39, 0.29) is 23.2 Å². The van der Waals surface area contributed by atoms with Crippen LogP contribution in [-0.2, 0) is 0 Å². The molecule has 9 heteroatoms. The summed E-state index contributed by atoms with van der Waals surface area (Å²) in [6.07, 6.45) is 4.52. The molecule has 2 aromatic carbocycles. The maximum Gasteiger partial charge on any atom is 0.312 e. The summed E-state index contributed by atoms with van der Waals surface area (Å²) in [6, 6.07) is 13.6. The van der Waals surface area contributed by atoms with Gasteiger partial charge in [-0.1, -0.05) is 18.2 Å². The first-order valence-corrected chi connectivity index (χ1v) is 10.2. The summed E-state index contributed by atoms with van der Waals surface area (Å²) in [5.41, 5.74) is 6.90. The Labute approximate surface area is 183 Å². The molecule has 32 heavy (non-hydrogen) atoms. The number of nitro benzene ring substituents is 1. The number of para-hydroxylation sites is 1. The first-order valence-electron chi connectivity index (χ1n) is 10.2. The number of rotatable bonds is 5. The molecule has 3 N–H and O–H groups in total. The van der Waals surface area contributed by atoms with Crippen molar-refractivity contribution >= 4 is 17.0 Å². The van der Waals surface area contributed by atoms with Crippen molar-refractivity contribution < 1.29 is 14.8 Å². The fourth-order valence-corrected chi connectivity index (χ4v) is 4.27. The molecule has 0 radical (unpaired) electrons. The van der Waals surface area contributed by atoms with Crippen molar-refractivity contribution in [3.8, 4) is 22.8 Å². The van der Waals surface area contributed by atoms with Gasteiger partial charge in [-0.25, -0.2) is 9.97 Å². The molecule has 0 bridgehead atoms. The number of nitro groups is 1. The maximum atomic E-state index is 11.8. The van der Waals surface area contributed by atoms with Gasteiger partial charge in [0.1, 0.15) is 28.6 Å². The highest BCUT2D eigenvalue weighted by molar-refractivity contribution is 5.86. The Bertz CT molecular complexity index is 1330. The van der Waals surface area contributed by atoms with Gasteiger partial charge in [-0.2, -0.15) is 0 Å². The van der Waals surface area contributed by atoms with Crippen molar-refractivity contribution in [2.45, 2.75) is 31.3 Å². The summed E-state index contributed by atoms with van der Waals surface area (Å²) in [4.78, 5) is 20.3. The van der Waals surface area contributed by atoms with Crippen LogP contribution < -0.4 is 10.5 Å². The molecule has 2 aromatic heterocycles. The van der Waals surface area contributed by atoms with E-state index < -0.39 is 10.5 Å². The summed E-state index contributed by atoms with van der Waals surface area (Å²) < 4.78 is 7.59. The molecular formula is C23H21N5O4. The lowest BCUT2D eigenvalue weighted by Gasteiger charge is -2.40. The molecule has 0 atom stereocenters. The number of imidazole rings is 1. The lowest BCUT2D eigenvalue weighted by Crippen LogP contribution is -2.40. The molecule has 0 saturated heterocycles. The minimum atomic E-state index is -0.718. The summed E-state index contributed by atoms with van der Waals surface area (Å²) in [7, 11) is 0. The molecule has 0 spiro atoms. The first kappa shape index (κ1) is 20.0. The van der Waals surface area contributed by atoms with Crippen molar-refractivity contribution in [1.82, 2.24) is 14.4 Å². The van der Waals surface area contributed by atoms with Gasteiger partial charge in [0.2, 0.25) is 5.75 Å². The van der Waals surface area contributed by atoms with E-state index in [9.17, 15) is 15.2 Å². The number of ether oxygens (including phenoxy) is 1. The van der Waals surface area contributed by atoms with Crippen LogP contribution in [0.4, 0.5) is 11.5 Å². The Morgan fingerprint density at radius 2 is 2.00 bits per heavy atom. The summed E-state index contributed by atoms with van der Waals surface area (Å²) in [5.74, 6) is 1.73. The van der Waals surface area contributed by atoms with Crippen LogP contribution in [0.3, 0.4) is 0 Å². The van der Waals surface area contributed by atoms with Gasteiger partial charge in [0.25, 0.3) is 0 Å². The summed E-state index contributed by atoms with van der Waals surface area (Å²) >= 11 is 0. The van der Waals surface area contributed by atoms with Gasteiger partial charge in [0, 0.05) is 29.9 Å². The number of hydrogen-bond donors (Lipinski definition) is 2. The van der Waals surface area contributed by atoms with Gasteiger partial charge in [-0.15, -0.1) is 0 Å². The van der Waals surface area contributed by atoms with Crippen LogP contribution in [0.2, 0.25) is 0 Å². The van der Waals surface area contributed by atoms with Crippen LogP contribution in [0.1, 0.15) is 31.5 Å². The second-order valence-corrected chi connectivity index (χ2v) is 8.31. The Hall–Kier alpha value is -3.98. The van der Waals surface area contributed by atoms with Crippen LogP contribution >= 0.6 is 0 Å². The van der Waals surface area contributed by atoms with Gasteiger partial charge in [-0.05, 0) is 44.0 Å². The van der Waals surface area contributed by atoms with Crippen molar-refractivity contribution in [3.63, 3.8) is 0 Å². The van der Waals surface area contributed by atoms with Crippen LogP contribution in [0, 0.1) is 10.1 Å². The topological polar surface area (TPSA) is 129 Å². The Balaban J connectivity index is 1.61. The normalized spacial score (nSPS) is 20.1. The standard InChI is InChI=1S/C23H21N5O4/c1-23(29)12-15(13-23)22-26-19(20-21(24)25-9-10-27(20)22)14-7-8-18(17(11-14)28(30)31)32-16-5-3-2-4-6-16/h2-11,15,29H,12-13H2,1H3,(H2,24,25)/t15-,23+. The molecule has 5 rings (SSSR count). The van der Waals surface area contributed by atoms with E-state index in [0.717, 1.165) is 5.82 Å². The number of nitrogens with zero attached hydrogens (tertiary/aromatic N) is 4. The molecule has 1 aliphatic rings. The monoisotopic (exact) mass is 431 g/mol.